The van der Waals surface area contributed by atoms with E-state index in [1.165, 1.54) is 116 Å². The van der Waals surface area contributed by atoms with Crippen LogP contribution in [0.1, 0.15) is 148 Å². The number of unbranched alkanes of at least 4 members (excludes halogenated alkanes) is 18. The van der Waals surface area contributed by atoms with E-state index in [9.17, 15) is 0 Å². The van der Waals surface area contributed by atoms with Crippen LogP contribution in [0.3, 0.4) is 0 Å². The van der Waals surface area contributed by atoms with Gasteiger partial charge in [0.1, 0.15) is 11.5 Å². The predicted octanol–water partition coefficient (Wildman–Crippen LogP) is 13.0. The Morgan fingerprint density at radius 3 is 1.37 bits per heavy atom. The lowest BCUT2D eigenvalue weighted by Crippen LogP contribution is -1.98. The first-order valence-corrected chi connectivity index (χ1v) is 17.1. The standard InChI is InChI=1S/C37H60N2O2/c1-4-6-8-10-12-14-16-18-20-22-30-40-36-27-24-34(25-28-36)38-39-35-26-29-37(33(3)32-35)41-31-23-21-19-17-15-13-11-9-7-5-2/h24-29,32H,4-23,30-31H2,1-3H3. The molecule has 0 aromatic heterocycles. The number of benzene rings is 2. The van der Waals surface area contributed by atoms with Crippen LogP contribution in [-0.4, -0.2) is 13.2 Å². The third-order valence-corrected chi connectivity index (χ3v) is 7.80. The first-order valence-electron chi connectivity index (χ1n) is 17.1. The molecular weight excluding hydrogens is 504 g/mol. The minimum Gasteiger partial charge on any atom is -0.494 e. The Morgan fingerprint density at radius 2 is 0.878 bits per heavy atom. The van der Waals surface area contributed by atoms with Crippen LogP contribution in [0.2, 0.25) is 0 Å². The van der Waals surface area contributed by atoms with Crippen molar-refractivity contribution in [2.75, 3.05) is 13.2 Å². The highest BCUT2D eigenvalue weighted by Crippen LogP contribution is 2.26. The zero-order valence-corrected chi connectivity index (χ0v) is 26.8. The summed E-state index contributed by atoms with van der Waals surface area (Å²) in [7, 11) is 0. The second kappa shape index (κ2) is 24.3. The molecule has 0 spiro atoms. The lowest BCUT2D eigenvalue weighted by molar-refractivity contribution is 0.302. The molecule has 2 aromatic carbocycles. The fraction of sp³-hybridized carbons (Fsp3) is 0.676. The number of rotatable bonds is 26. The number of ether oxygens (including phenoxy) is 2. The van der Waals surface area contributed by atoms with Crippen LogP contribution in [-0.2, 0) is 0 Å². The fourth-order valence-electron chi connectivity index (χ4n) is 5.13. The van der Waals surface area contributed by atoms with E-state index in [0.29, 0.717) is 0 Å². The molecule has 0 amide bonds. The van der Waals surface area contributed by atoms with E-state index in [1.807, 2.05) is 42.5 Å². The maximum absolute atomic E-state index is 6.03. The van der Waals surface area contributed by atoms with E-state index in [1.54, 1.807) is 0 Å². The van der Waals surface area contributed by atoms with Crippen LogP contribution in [0.15, 0.2) is 52.7 Å². The average molecular weight is 565 g/mol. The summed E-state index contributed by atoms with van der Waals surface area (Å²) in [5.74, 6) is 1.85. The molecule has 4 heteroatoms. The van der Waals surface area contributed by atoms with Gasteiger partial charge < -0.3 is 9.47 Å². The highest BCUT2D eigenvalue weighted by Gasteiger charge is 2.02. The largest absolute Gasteiger partial charge is 0.494 e. The summed E-state index contributed by atoms with van der Waals surface area (Å²) < 4.78 is 12.0. The molecule has 0 saturated carbocycles. The lowest BCUT2D eigenvalue weighted by Gasteiger charge is -2.09. The Bertz CT molecular complexity index is 910. The molecule has 0 atom stereocenters. The summed E-state index contributed by atoms with van der Waals surface area (Å²) in [6.45, 7) is 8.20. The van der Waals surface area contributed by atoms with Crippen molar-refractivity contribution in [3.63, 3.8) is 0 Å². The fourth-order valence-corrected chi connectivity index (χ4v) is 5.13. The van der Waals surface area contributed by atoms with Crippen molar-refractivity contribution >= 4 is 11.4 Å². The third kappa shape index (κ3) is 17.9. The smallest absolute Gasteiger partial charge is 0.122 e. The van der Waals surface area contributed by atoms with Crippen LogP contribution < -0.4 is 9.47 Å². The minimum atomic E-state index is 0.782. The summed E-state index contributed by atoms with van der Waals surface area (Å²) in [5, 5.41) is 8.84. The first-order chi connectivity index (χ1) is 20.2. The Balaban J connectivity index is 1.55. The van der Waals surface area contributed by atoms with E-state index >= 15 is 0 Å². The van der Waals surface area contributed by atoms with Crippen LogP contribution in [0.25, 0.3) is 0 Å². The van der Waals surface area contributed by atoms with Gasteiger partial charge in [0, 0.05) is 0 Å². The van der Waals surface area contributed by atoms with Gasteiger partial charge in [0.05, 0.1) is 24.6 Å². The van der Waals surface area contributed by atoms with E-state index in [2.05, 4.69) is 31.0 Å². The molecule has 0 N–H and O–H groups in total. The molecule has 0 unspecified atom stereocenters. The Labute approximate surface area is 252 Å². The molecule has 0 aliphatic rings. The van der Waals surface area contributed by atoms with Crippen LogP contribution in [0, 0.1) is 6.92 Å². The van der Waals surface area contributed by atoms with E-state index in [0.717, 1.165) is 54.5 Å². The lowest BCUT2D eigenvalue weighted by atomic mass is 10.1. The van der Waals surface area contributed by atoms with Gasteiger partial charge in [-0.05, 0) is 67.8 Å². The van der Waals surface area contributed by atoms with Crippen LogP contribution in [0.4, 0.5) is 11.4 Å². The minimum absolute atomic E-state index is 0.782. The highest BCUT2D eigenvalue weighted by atomic mass is 16.5. The molecule has 0 aliphatic carbocycles. The van der Waals surface area contributed by atoms with Gasteiger partial charge in [-0.3, -0.25) is 0 Å². The Morgan fingerprint density at radius 1 is 0.463 bits per heavy atom. The zero-order chi connectivity index (χ0) is 29.2. The van der Waals surface area contributed by atoms with Crippen molar-refractivity contribution in [2.45, 2.75) is 149 Å². The van der Waals surface area contributed by atoms with E-state index < -0.39 is 0 Å². The summed E-state index contributed by atoms with van der Waals surface area (Å²) in [5.41, 5.74) is 2.77. The molecule has 0 saturated heterocycles. The monoisotopic (exact) mass is 564 g/mol. The van der Waals surface area contributed by atoms with Gasteiger partial charge in [-0.15, -0.1) is 0 Å². The summed E-state index contributed by atoms with van der Waals surface area (Å²) in [6, 6.07) is 13.9. The predicted molar refractivity (Wildman–Crippen MR) is 176 cm³/mol. The van der Waals surface area contributed by atoms with Gasteiger partial charge in [-0.1, -0.05) is 129 Å². The molecule has 0 heterocycles. The number of nitrogens with zero attached hydrogens (tertiary/aromatic N) is 2. The van der Waals surface area contributed by atoms with Crippen molar-refractivity contribution in [2.24, 2.45) is 10.2 Å². The van der Waals surface area contributed by atoms with E-state index in [-0.39, 0.29) is 0 Å². The van der Waals surface area contributed by atoms with Crippen LogP contribution >= 0.6 is 0 Å². The average Bonchev–Trinajstić information content (AvgIpc) is 2.99. The molecule has 0 fully saturated rings. The molecule has 4 nitrogen and oxygen atoms in total. The molecule has 41 heavy (non-hydrogen) atoms. The number of azo groups is 1. The molecule has 230 valence electrons. The second-order valence-corrected chi connectivity index (χ2v) is 11.7. The molecule has 2 aromatic rings. The molecule has 0 bridgehead atoms. The van der Waals surface area contributed by atoms with Crippen molar-refractivity contribution < 1.29 is 9.47 Å². The summed E-state index contributed by atoms with van der Waals surface area (Å²) >= 11 is 0. The van der Waals surface area contributed by atoms with Gasteiger partial charge in [-0.2, -0.15) is 10.2 Å². The number of hydrogen-bond donors (Lipinski definition) is 0. The maximum Gasteiger partial charge on any atom is 0.122 e. The quantitative estimate of drug-likeness (QED) is 0.0842. The molecule has 0 radical (unpaired) electrons. The maximum atomic E-state index is 6.03. The van der Waals surface area contributed by atoms with Crippen LogP contribution in [0.5, 0.6) is 11.5 Å². The Kier molecular flexibility index (Phi) is 20.6. The SMILES string of the molecule is CCCCCCCCCCCCOc1ccc(N=Nc2ccc(OCCCCCCCCCCCC)c(C)c2)cc1. The van der Waals surface area contributed by atoms with Gasteiger partial charge in [0.25, 0.3) is 0 Å². The zero-order valence-electron chi connectivity index (χ0n) is 26.8. The van der Waals surface area contributed by atoms with Gasteiger partial charge in [-0.25, -0.2) is 0 Å². The van der Waals surface area contributed by atoms with E-state index in [4.69, 9.17) is 9.47 Å². The van der Waals surface area contributed by atoms with Crippen molar-refractivity contribution in [1.29, 1.82) is 0 Å². The number of hydrogen-bond acceptors (Lipinski definition) is 4. The molecule has 0 aliphatic heterocycles. The van der Waals surface area contributed by atoms with Gasteiger partial charge >= 0.3 is 0 Å². The topological polar surface area (TPSA) is 43.2 Å². The normalized spacial score (nSPS) is 11.4. The van der Waals surface area contributed by atoms with Crippen molar-refractivity contribution in [1.82, 2.24) is 0 Å². The summed E-state index contributed by atoms with van der Waals surface area (Å²) in [6.07, 6.45) is 26.8. The molecule has 2 rings (SSSR count). The van der Waals surface area contributed by atoms with Gasteiger partial charge in [0.2, 0.25) is 0 Å². The van der Waals surface area contributed by atoms with Crippen molar-refractivity contribution in [3.05, 3.63) is 48.0 Å². The number of aryl methyl sites for hydroxylation is 1. The summed E-state index contributed by atoms with van der Waals surface area (Å²) in [4.78, 5) is 0. The third-order valence-electron chi connectivity index (χ3n) is 7.80. The van der Waals surface area contributed by atoms with Gasteiger partial charge in [0.15, 0.2) is 0 Å². The Hall–Kier alpha value is -2.36. The van der Waals surface area contributed by atoms with Crippen molar-refractivity contribution in [3.8, 4) is 11.5 Å². The highest BCUT2D eigenvalue weighted by molar-refractivity contribution is 5.47. The molecular formula is C37H60N2O2. The second-order valence-electron chi connectivity index (χ2n) is 11.7. The first kappa shape index (κ1) is 34.8.